The topological polar surface area (TPSA) is 39.7 Å². The summed E-state index contributed by atoms with van der Waals surface area (Å²) >= 11 is 0. The minimum Gasteiger partial charge on any atom is -0.486 e. The SMILES string of the molecule is CCNC(C(C)CCOC)C1COc2ccccc2O1. The summed E-state index contributed by atoms with van der Waals surface area (Å²) in [5, 5.41) is 3.53. The van der Waals surface area contributed by atoms with E-state index in [2.05, 4.69) is 19.2 Å². The molecular weight excluding hydrogens is 254 g/mol. The molecule has 0 saturated carbocycles. The summed E-state index contributed by atoms with van der Waals surface area (Å²) in [6, 6.07) is 8.11. The smallest absolute Gasteiger partial charge is 0.161 e. The lowest BCUT2D eigenvalue weighted by atomic mass is 9.93. The quantitative estimate of drug-likeness (QED) is 0.832. The zero-order chi connectivity index (χ0) is 14.4. The second-order valence-electron chi connectivity index (χ2n) is 5.26. The van der Waals surface area contributed by atoms with E-state index in [0.29, 0.717) is 12.5 Å². The standard InChI is InChI=1S/C16H25NO3/c1-4-17-16(12(2)9-10-18-3)15-11-19-13-7-5-6-8-14(13)20-15/h5-8,12,15-17H,4,9-11H2,1-3H3. The molecule has 4 heteroatoms. The number of hydrogen-bond donors (Lipinski definition) is 1. The van der Waals surface area contributed by atoms with Crippen LogP contribution in [0.3, 0.4) is 0 Å². The van der Waals surface area contributed by atoms with Gasteiger partial charge in [-0.1, -0.05) is 26.0 Å². The first-order valence-corrected chi connectivity index (χ1v) is 7.37. The molecular formula is C16H25NO3. The van der Waals surface area contributed by atoms with Crippen molar-refractivity contribution in [2.75, 3.05) is 26.9 Å². The molecule has 1 N–H and O–H groups in total. The minimum absolute atomic E-state index is 0.0386. The Labute approximate surface area is 121 Å². The van der Waals surface area contributed by atoms with Crippen molar-refractivity contribution in [2.45, 2.75) is 32.4 Å². The number of benzene rings is 1. The highest BCUT2D eigenvalue weighted by molar-refractivity contribution is 5.40. The van der Waals surface area contributed by atoms with Crippen LogP contribution in [0.15, 0.2) is 24.3 Å². The fraction of sp³-hybridized carbons (Fsp3) is 0.625. The molecule has 1 aromatic carbocycles. The number of nitrogens with one attached hydrogen (secondary N) is 1. The Morgan fingerprint density at radius 3 is 2.80 bits per heavy atom. The predicted molar refractivity (Wildman–Crippen MR) is 79.5 cm³/mol. The molecule has 0 spiro atoms. The number of rotatable bonds is 7. The van der Waals surface area contributed by atoms with Crippen LogP contribution in [-0.4, -0.2) is 39.0 Å². The number of methoxy groups -OCH3 is 1. The monoisotopic (exact) mass is 279 g/mol. The van der Waals surface area contributed by atoms with Crippen molar-refractivity contribution in [2.24, 2.45) is 5.92 Å². The van der Waals surface area contributed by atoms with Gasteiger partial charge in [-0.3, -0.25) is 0 Å². The molecule has 3 unspecified atom stereocenters. The molecule has 3 atom stereocenters. The molecule has 0 amide bonds. The molecule has 0 bridgehead atoms. The summed E-state index contributed by atoms with van der Waals surface area (Å²) in [7, 11) is 1.74. The van der Waals surface area contributed by atoms with Crippen molar-refractivity contribution in [3.8, 4) is 11.5 Å². The van der Waals surface area contributed by atoms with E-state index in [9.17, 15) is 0 Å². The van der Waals surface area contributed by atoms with Crippen molar-refractivity contribution in [3.05, 3.63) is 24.3 Å². The zero-order valence-corrected chi connectivity index (χ0v) is 12.6. The van der Waals surface area contributed by atoms with E-state index in [1.54, 1.807) is 7.11 Å². The summed E-state index contributed by atoms with van der Waals surface area (Å²) in [4.78, 5) is 0. The van der Waals surface area contributed by atoms with Crippen molar-refractivity contribution < 1.29 is 14.2 Å². The van der Waals surface area contributed by atoms with Gasteiger partial charge in [-0.05, 0) is 31.0 Å². The minimum atomic E-state index is 0.0386. The predicted octanol–water partition coefficient (Wildman–Crippen LogP) is 2.48. The van der Waals surface area contributed by atoms with Gasteiger partial charge in [0.25, 0.3) is 0 Å². The van der Waals surface area contributed by atoms with Crippen LogP contribution in [-0.2, 0) is 4.74 Å². The molecule has 0 saturated heterocycles. The van der Waals surface area contributed by atoms with Crippen molar-refractivity contribution in [3.63, 3.8) is 0 Å². The molecule has 20 heavy (non-hydrogen) atoms. The molecule has 112 valence electrons. The van der Waals surface area contributed by atoms with E-state index in [1.807, 2.05) is 24.3 Å². The molecule has 1 aliphatic heterocycles. The van der Waals surface area contributed by atoms with E-state index < -0.39 is 0 Å². The lowest BCUT2D eigenvalue weighted by Gasteiger charge is -2.35. The third-order valence-corrected chi connectivity index (χ3v) is 3.76. The Morgan fingerprint density at radius 1 is 1.35 bits per heavy atom. The summed E-state index contributed by atoms with van der Waals surface area (Å²) in [5.74, 6) is 2.14. The Morgan fingerprint density at radius 2 is 2.10 bits per heavy atom. The highest BCUT2D eigenvalue weighted by atomic mass is 16.6. The lowest BCUT2D eigenvalue weighted by Crippen LogP contribution is -2.51. The summed E-state index contributed by atoms with van der Waals surface area (Å²) in [6.45, 7) is 6.63. The van der Waals surface area contributed by atoms with E-state index >= 15 is 0 Å². The van der Waals surface area contributed by atoms with Crippen LogP contribution in [0.2, 0.25) is 0 Å². The van der Waals surface area contributed by atoms with Gasteiger partial charge in [-0.15, -0.1) is 0 Å². The number of ether oxygens (including phenoxy) is 3. The van der Waals surface area contributed by atoms with E-state index in [0.717, 1.165) is 31.1 Å². The first kappa shape index (κ1) is 15.1. The second kappa shape index (κ2) is 7.50. The lowest BCUT2D eigenvalue weighted by molar-refractivity contribution is 0.0407. The van der Waals surface area contributed by atoms with Crippen molar-refractivity contribution in [1.82, 2.24) is 5.32 Å². The average Bonchev–Trinajstić information content (AvgIpc) is 2.49. The normalized spacial score (nSPS) is 20.4. The molecule has 1 aliphatic rings. The van der Waals surface area contributed by atoms with Gasteiger partial charge in [0.05, 0.1) is 6.04 Å². The third-order valence-electron chi connectivity index (χ3n) is 3.76. The Hall–Kier alpha value is -1.26. The molecule has 4 nitrogen and oxygen atoms in total. The van der Waals surface area contributed by atoms with Crippen molar-refractivity contribution in [1.29, 1.82) is 0 Å². The van der Waals surface area contributed by atoms with Gasteiger partial charge >= 0.3 is 0 Å². The average molecular weight is 279 g/mol. The van der Waals surface area contributed by atoms with E-state index in [1.165, 1.54) is 0 Å². The van der Waals surface area contributed by atoms with Crippen LogP contribution in [0.25, 0.3) is 0 Å². The van der Waals surface area contributed by atoms with Crippen molar-refractivity contribution >= 4 is 0 Å². The maximum absolute atomic E-state index is 6.12. The maximum Gasteiger partial charge on any atom is 0.161 e. The maximum atomic E-state index is 6.12. The van der Waals surface area contributed by atoms with Gasteiger partial charge in [-0.2, -0.15) is 0 Å². The summed E-state index contributed by atoms with van der Waals surface area (Å²) < 4.78 is 17.1. The molecule has 1 heterocycles. The van der Waals surface area contributed by atoms with Gasteiger partial charge in [0.1, 0.15) is 12.7 Å². The summed E-state index contributed by atoms with van der Waals surface area (Å²) in [5.41, 5.74) is 0. The molecule has 0 aliphatic carbocycles. The Bertz CT molecular complexity index is 410. The number of fused-ring (bicyclic) bond motifs is 1. The fourth-order valence-corrected chi connectivity index (χ4v) is 2.63. The molecule has 0 fully saturated rings. The summed E-state index contributed by atoms with van der Waals surface area (Å²) in [6.07, 6.45) is 1.05. The number of hydrogen-bond acceptors (Lipinski definition) is 4. The third kappa shape index (κ3) is 3.64. The molecule has 0 radical (unpaired) electrons. The van der Waals surface area contributed by atoms with Gasteiger partial charge in [0.2, 0.25) is 0 Å². The fourth-order valence-electron chi connectivity index (χ4n) is 2.63. The van der Waals surface area contributed by atoms with Crippen LogP contribution in [0.5, 0.6) is 11.5 Å². The van der Waals surface area contributed by atoms with Crippen LogP contribution in [0, 0.1) is 5.92 Å². The highest BCUT2D eigenvalue weighted by Gasteiger charge is 2.31. The van der Waals surface area contributed by atoms with Gasteiger partial charge in [0.15, 0.2) is 11.5 Å². The largest absolute Gasteiger partial charge is 0.486 e. The first-order valence-electron chi connectivity index (χ1n) is 7.37. The zero-order valence-electron chi connectivity index (χ0n) is 12.6. The molecule has 1 aromatic rings. The highest BCUT2D eigenvalue weighted by Crippen LogP contribution is 2.32. The second-order valence-corrected chi connectivity index (χ2v) is 5.26. The Kier molecular flexibility index (Phi) is 5.68. The van der Waals surface area contributed by atoms with Crippen LogP contribution in [0.1, 0.15) is 20.3 Å². The first-order chi connectivity index (χ1) is 9.76. The van der Waals surface area contributed by atoms with Gasteiger partial charge < -0.3 is 19.5 Å². The number of likely N-dealkylation sites (N-methyl/N-ethyl adjacent to an activating group) is 1. The molecule has 0 aromatic heterocycles. The van der Waals surface area contributed by atoms with Gasteiger partial charge in [0, 0.05) is 13.7 Å². The van der Waals surface area contributed by atoms with Crippen LogP contribution in [0.4, 0.5) is 0 Å². The van der Waals surface area contributed by atoms with E-state index in [-0.39, 0.29) is 12.1 Å². The number of para-hydroxylation sites is 2. The Balaban J connectivity index is 2.03. The van der Waals surface area contributed by atoms with Gasteiger partial charge in [-0.25, -0.2) is 0 Å². The molecule has 2 rings (SSSR count). The van der Waals surface area contributed by atoms with Crippen LogP contribution < -0.4 is 14.8 Å². The van der Waals surface area contributed by atoms with E-state index in [4.69, 9.17) is 14.2 Å². The van der Waals surface area contributed by atoms with Crippen LogP contribution >= 0.6 is 0 Å².